The van der Waals surface area contributed by atoms with Crippen LogP contribution >= 0.6 is 15.9 Å². The van der Waals surface area contributed by atoms with E-state index in [-0.39, 0.29) is 0 Å². The van der Waals surface area contributed by atoms with Crippen molar-refractivity contribution in [3.05, 3.63) is 52.0 Å². The maximum atomic E-state index is 5.28. The molecule has 0 saturated heterocycles. The van der Waals surface area contributed by atoms with Crippen LogP contribution in [-0.4, -0.2) is 20.4 Å². The number of hydrogen-bond donors (Lipinski definition) is 1. The summed E-state index contributed by atoms with van der Waals surface area (Å²) in [5.41, 5.74) is 6.04. The number of rotatable bonds is 5. The van der Waals surface area contributed by atoms with Gasteiger partial charge in [0.25, 0.3) is 0 Å². The van der Waals surface area contributed by atoms with Crippen molar-refractivity contribution in [2.75, 3.05) is 19.6 Å². The van der Waals surface area contributed by atoms with Crippen molar-refractivity contribution < 1.29 is 9.47 Å². The number of hydrogen-bond acceptors (Lipinski definition) is 4. The van der Waals surface area contributed by atoms with Gasteiger partial charge in [0.1, 0.15) is 0 Å². The van der Waals surface area contributed by atoms with Crippen LogP contribution in [0.2, 0.25) is 0 Å². The molecule has 0 amide bonds. The molecule has 110 valence electrons. The molecule has 0 aliphatic heterocycles. The predicted molar refractivity (Wildman–Crippen MR) is 89.6 cm³/mol. The van der Waals surface area contributed by atoms with E-state index in [1.807, 2.05) is 43.3 Å². The minimum atomic E-state index is 0.664. The summed E-state index contributed by atoms with van der Waals surface area (Å²) in [6.07, 6.45) is 1.73. The Bertz CT molecular complexity index is 639. The van der Waals surface area contributed by atoms with Crippen molar-refractivity contribution in [2.24, 2.45) is 5.10 Å². The van der Waals surface area contributed by atoms with E-state index in [0.29, 0.717) is 11.5 Å². The number of benzene rings is 2. The Morgan fingerprint density at radius 2 is 1.67 bits per heavy atom. The van der Waals surface area contributed by atoms with E-state index in [0.717, 1.165) is 15.7 Å². The van der Waals surface area contributed by atoms with Crippen LogP contribution in [0.3, 0.4) is 0 Å². The predicted octanol–water partition coefficient (Wildman–Crippen LogP) is 4.22. The van der Waals surface area contributed by atoms with Crippen molar-refractivity contribution in [1.29, 1.82) is 0 Å². The van der Waals surface area contributed by atoms with Gasteiger partial charge in [-0.2, -0.15) is 5.10 Å². The van der Waals surface area contributed by atoms with Crippen molar-refractivity contribution in [1.82, 2.24) is 0 Å². The molecule has 0 unspecified atom stereocenters. The minimum absolute atomic E-state index is 0.664. The van der Waals surface area contributed by atoms with Gasteiger partial charge >= 0.3 is 0 Å². The fourth-order valence-corrected chi connectivity index (χ4v) is 2.20. The van der Waals surface area contributed by atoms with Gasteiger partial charge in [-0.1, -0.05) is 17.7 Å². The molecular weight excluding hydrogens is 332 g/mol. The molecule has 21 heavy (non-hydrogen) atoms. The number of aryl methyl sites for hydroxylation is 1. The standard InChI is InChI=1S/C16H17BrN2O2/c1-11-4-6-13(7-5-11)19-18-10-12-8-15(20-2)16(21-3)9-14(12)17/h4-10,19H,1-3H3/b18-10-. The van der Waals surface area contributed by atoms with Crippen molar-refractivity contribution in [3.8, 4) is 11.5 Å². The number of methoxy groups -OCH3 is 2. The summed E-state index contributed by atoms with van der Waals surface area (Å²) >= 11 is 3.49. The van der Waals surface area contributed by atoms with Crippen LogP contribution in [0.4, 0.5) is 5.69 Å². The van der Waals surface area contributed by atoms with E-state index in [4.69, 9.17) is 9.47 Å². The number of ether oxygens (including phenoxy) is 2. The number of nitrogens with zero attached hydrogens (tertiary/aromatic N) is 1. The lowest BCUT2D eigenvalue weighted by Crippen LogP contribution is -1.95. The molecule has 0 spiro atoms. The quantitative estimate of drug-likeness (QED) is 0.649. The SMILES string of the molecule is COc1cc(Br)c(/C=N\Nc2ccc(C)cc2)cc1OC. The zero-order valence-electron chi connectivity index (χ0n) is 12.2. The molecule has 2 aromatic carbocycles. The van der Waals surface area contributed by atoms with E-state index in [1.54, 1.807) is 20.4 Å². The molecule has 0 aliphatic rings. The molecule has 0 fully saturated rings. The molecule has 0 aromatic heterocycles. The first-order chi connectivity index (χ1) is 10.1. The van der Waals surface area contributed by atoms with Crippen molar-refractivity contribution >= 4 is 27.8 Å². The third-order valence-electron chi connectivity index (χ3n) is 2.95. The van der Waals surface area contributed by atoms with Crippen LogP contribution in [0.1, 0.15) is 11.1 Å². The first kappa shape index (κ1) is 15.4. The lowest BCUT2D eigenvalue weighted by Gasteiger charge is -2.09. The molecular formula is C16H17BrN2O2. The summed E-state index contributed by atoms with van der Waals surface area (Å²) in [5, 5.41) is 4.23. The number of hydrazone groups is 1. The lowest BCUT2D eigenvalue weighted by molar-refractivity contribution is 0.354. The zero-order valence-corrected chi connectivity index (χ0v) is 13.8. The third kappa shape index (κ3) is 3.98. The second kappa shape index (κ2) is 7.13. The van der Waals surface area contributed by atoms with Crippen LogP contribution in [0.15, 0.2) is 46.0 Å². The van der Waals surface area contributed by atoms with E-state index in [1.165, 1.54) is 5.56 Å². The molecule has 5 heteroatoms. The maximum absolute atomic E-state index is 5.28. The molecule has 0 atom stereocenters. The van der Waals surface area contributed by atoms with E-state index >= 15 is 0 Å². The Morgan fingerprint density at radius 1 is 1.05 bits per heavy atom. The Balaban J connectivity index is 2.15. The number of anilines is 1. The van der Waals surface area contributed by atoms with E-state index in [9.17, 15) is 0 Å². The van der Waals surface area contributed by atoms with Gasteiger partial charge < -0.3 is 9.47 Å². The van der Waals surface area contributed by atoms with Gasteiger partial charge in [-0.05, 0) is 47.1 Å². The summed E-state index contributed by atoms with van der Waals surface area (Å²) in [6, 6.07) is 11.7. The van der Waals surface area contributed by atoms with Crippen molar-refractivity contribution in [3.63, 3.8) is 0 Å². The second-order valence-electron chi connectivity index (χ2n) is 4.46. The van der Waals surface area contributed by atoms with Gasteiger partial charge in [-0.25, -0.2) is 0 Å². The van der Waals surface area contributed by atoms with Gasteiger partial charge in [0.05, 0.1) is 26.1 Å². The van der Waals surface area contributed by atoms with Crippen LogP contribution in [0.25, 0.3) is 0 Å². The molecule has 2 rings (SSSR count). The Kier molecular flexibility index (Phi) is 5.22. The summed E-state index contributed by atoms with van der Waals surface area (Å²) < 4.78 is 11.4. The summed E-state index contributed by atoms with van der Waals surface area (Å²) in [6.45, 7) is 2.05. The minimum Gasteiger partial charge on any atom is -0.493 e. The molecule has 4 nitrogen and oxygen atoms in total. The van der Waals surface area contributed by atoms with Crippen molar-refractivity contribution in [2.45, 2.75) is 6.92 Å². The van der Waals surface area contributed by atoms with Gasteiger partial charge in [-0.15, -0.1) is 0 Å². The Labute approximate surface area is 132 Å². The van der Waals surface area contributed by atoms with E-state index < -0.39 is 0 Å². The van der Waals surface area contributed by atoms with Crippen LogP contribution < -0.4 is 14.9 Å². The molecule has 1 N–H and O–H groups in total. The summed E-state index contributed by atoms with van der Waals surface area (Å²) in [5.74, 6) is 1.34. The van der Waals surface area contributed by atoms with Gasteiger partial charge in [-0.3, -0.25) is 5.43 Å². The van der Waals surface area contributed by atoms with Crippen LogP contribution in [0, 0.1) is 6.92 Å². The molecule has 0 aliphatic carbocycles. The average molecular weight is 349 g/mol. The first-order valence-electron chi connectivity index (χ1n) is 6.41. The number of halogens is 1. The molecule has 0 saturated carbocycles. The topological polar surface area (TPSA) is 42.8 Å². The summed E-state index contributed by atoms with van der Waals surface area (Å²) in [7, 11) is 3.22. The van der Waals surface area contributed by atoms with Crippen LogP contribution in [0.5, 0.6) is 11.5 Å². The molecule has 0 heterocycles. The fraction of sp³-hybridized carbons (Fsp3) is 0.188. The van der Waals surface area contributed by atoms with E-state index in [2.05, 4.69) is 26.5 Å². The molecule has 2 aromatic rings. The average Bonchev–Trinajstić information content (AvgIpc) is 2.50. The Hall–Kier alpha value is -2.01. The lowest BCUT2D eigenvalue weighted by atomic mass is 10.2. The highest BCUT2D eigenvalue weighted by atomic mass is 79.9. The maximum Gasteiger partial charge on any atom is 0.161 e. The highest BCUT2D eigenvalue weighted by Crippen LogP contribution is 2.32. The largest absolute Gasteiger partial charge is 0.493 e. The third-order valence-corrected chi connectivity index (χ3v) is 3.64. The highest BCUT2D eigenvalue weighted by molar-refractivity contribution is 9.10. The second-order valence-corrected chi connectivity index (χ2v) is 5.32. The zero-order chi connectivity index (χ0) is 15.2. The van der Waals surface area contributed by atoms with Gasteiger partial charge in [0.2, 0.25) is 0 Å². The van der Waals surface area contributed by atoms with Crippen LogP contribution in [-0.2, 0) is 0 Å². The fourth-order valence-electron chi connectivity index (χ4n) is 1.77. The van der Waals surface area contributed by atoms with Gasteiger partial charge in [0.15, 0.2) is 11.5 Å². The first-order valence-corrected chi connectivity index (χ1v) is 7.20. The monoisotopic (exact) mass is 348 g/mol. The smallest absolute Gasteiger partial charge is 0.161 e. The normalized spacial score (nSPS) is 10.7. The highest BCUT2D eigenvalue weighted by Gasteiger charge is 2.07. The Morgan fingerprint density at radius 3 is 2.29 bits per heavy atom. The summed E-state index contributed by atoms with van der Waals surface area (Å²) in [4.78, 5) is 0. The van der Waals surface area contributed by atoms with Gasteiger partial charge in [0, 0.05) is 10.0 Å². The number of nitrogens with one attached hydrogen (secondary N) is 1. The molecule has 0 radical (unpaired) electrons. The molecule has 0 bridgehead atoms.